The Morgan fingerprint density at radius 3 is 2.70 bits per heavy atom. The highest BCUT2D eigenvalue weighted by molar-refractivity contribution is 8.13. The maximum Gasteiger partial charge on any atom is 0.354 e. The number of rotatable bonds is 3. The van der Waals surface area contributed by atoms with E-state index in [4.69, 9.17) is 5.73 Å². The molecule has 0 aromatic heterocycles. The van der Waals surface area contributed by atoms with Gasteiger partial charge in [-0.15, -0.1) is 11.8 Å². The van der Waals surface area contributed by atoms with Gasteiger partial charge in [0.05, 0.1) is 5.70 Å². The van der Waals surface area contributed by atoms with E-state index in [0.717, 1.165) is 21.6 Å². The molecule has 0 bridgehead atoms. The third-order valence-electron chi connectivity index (χ3n) is 3.42. The quantitative estimate of drug-likeness (QED) is 0.550. The van der Waals surface area contributed by atoms with Gasteiger partial charge in [-0.25, -0.2) is 4.79 Å². The van der Waals surface area contributed by atoms with Gasteiger partial charge >= 0.3 is 5.97 Å². The van der Waals surface area contributed by atoms with E-state index in [-0.39, 0.29) is 22.5 Å². The Bertz CT molecular complexity index is 707. The van der Waals surface area contributed by atoms with Crippen molar-refractivity contribution in [3.05, 3.63) is 41.7 Å². The lowest BCUT2D eigenvalue weighted by Gasteiger charge is -2.47. The second-order valence-electron chi connectivity index (χ2n) is 4.90. The molecule has 2 aliphatic heterocycles. The van der Waals surface area contributed by atoms with Gasteiger partial charge < -0.3 is 16.2 Å². The summed E-state index contributed by atoms with van der Waals surface area (Å²) in [6, 6.07) is 8.31. The Morgan fingerprint density at radius 2 is 2.04 bits per heavy atom. The summed E-state index contributed by atoms with van der Waals surface area (Å²) in [6.07, 6.45) is 0. The number of hydrogen-bond acceptors (Lipinski definition) is 6. The number of carbonyl (C=O) groups is 3. The van der Waals surface area contributed by atoms with Crippen molar-refractivity contribution >= 4 is 40.6 Å². The highest BCUT2D eigenvalue weighted by Gasteiger charge is 2.52. The van der Waals surface area contributed by atoms with Crippen LogP contribution in [0.1, 0.15) is 0 Å². The van der Waals surface area contributed by atoms with E-state index >= 15 is 0 Å². The lowest BCUT2D eigenvalue weighted by Crippen LogP contribution is -2.68. The molecule has 2 aliphatic rings. The zero-order valence-electron chi connectivity index (χ0n) is 11.8. The van der Waals surface area contributed by atoms with Crippen LogP contribution < -0.4 is 11.1 Å². The minimum atomic E-state index is -1.25. The van der Waals surface area contributed by atoms with Gasteiger partial charge in [-0.1, -0.05) is 18.2 Å². The summed E-state index contributed by atoms with van der Waals surface area (Å²) in [7, 11) is 0. The van der Waals surface area contributed by atoms with Crippen LogP contribution in [0.4, 0.5) is 4.79 Å². The Kier molecular flexibility index (Phi) is 4.33. The van der Waals surface area contributed by atoms with Crippen LogP contribution >= 0.6 is 23.5 Å². The van der Waals surface area contributed by atoms with E-state index in [1.165, 1.54) is 11.8 Å². The molecule has 0 aliphatic carbocycles. The Balaban J connectivity index is 1.78. The standard InChI is InChI=1S/C14H13N3O4S2/c15-9-11(18)17-10(13(19)20)8(6-22-12(9)17)16-14(21)23-7-4-2-1-3-5-7/h1-5,9,12H,6,15H2,(H,16,21)(H,19,20)/t9?,12-/m0/s1. The summed E-state index contributed by atoms with van der Waals surface area (Å²) in [4.78, 5) is 37.3. The van der Waals surface area contributed by atoms with Gasteiger partial charge in [0, 0.05) is 10.6 Å². The van der Waals surface area contributed by atoms with Gasteiger partial charge in [0.1, 0.15) is 11.4 Å². The number of thioether (sulfide) groups is 2. The lowest BCUT2D eigenvalue weighted by molar-refractivity contribution is -0.148. The first-order valence-corrected chi connectivity index (χ1v) is 8.56. The molecule has 0 saturated carbocycles. The Labute approximate surface area is 140 Å². The summed E-state index contributed by atoms with van der Waals surface area (Å²) in [5.74, 6) is -1.41. The number of carboxylic acids is 1. The van der Waals surface area contributed by atoms with E-state index in [1.807, 2.05) is 6.07 Å². The monoisotopic (exact) mass is 351 g/mol. The molecule has 1 fully saturated rings. The van der Waals surface area contributed by atoms with Crippen molar-refractivity contribution in [3.8, 4) is 0 Å². The van der Waals surface area contributed by atoms with Crippen LogP contribution in [-0.2, 0) is 9.59 Å². The molecule has 1 saturated heterocycles. The molecule has 1 unspecified atom stereocenters. The maximum atomic E-state index is 12.1. The summed E-state index contributed by atoms with van der Waals surface area (Å²) in [5.41, 5.74) is 5.69. The molecule has 1 aromatic carbocycles. The van der Waals surface area contributed by atoms with Gasteiger partial charge in [-0.3, -0.25) is 14.5 Å². The van der Waals surface area contributed by atoms with Crippen LogP contribution in [0.5, 0.6) is 0 Å². The topological polar surface area (TPSA) is 113 Å². The van der Waals surface area contributed by atoms with E-state index in [0.29, 0.717) is 0 Å². The van der Waals surface area contributed by atoms with Crippen molar-refractivity contribution in [3.63, 3.8) is 0 Å². The van der Waals surface area contributed by atoms with Crippen molar-refractivity contribution in [2.75, 3.05) is 5.75 Å². The number of carbonyl (C=O) groups excluding carboxylic acids is 2. The summed E-state index contributed by atoms with van der Waals surface area (Å²) in [5, 5.41) is 11.2. The number of carboxylic acid groups (broad SMARTS) is 1. The average Bonchev–Trinajstić information content (AvgIpc) is 2.54. The predicted molar refractivity (Wildman–Crippen MR) is 86.6 cm³/mol. The number of nitrogens with one attached hydrogen (secondary N) is 1. The normalized spacial score (nSPS) is 23.2. The van der Waals surface area contributed by atoms with Crippen LogP contribution in [-0.4, -0.2) is 44.3 Å². The van der Waals surface area contributed by atoms with Crippen molar-refractivity contribution < 1.29 is 19.5 Å². The smallest absolute Gasteiger partial charge is 0.354 e. The molecule has 23 heavy (non-hydrogen) atoms. The Hall–Kier alpha value is -1.97. The molecule has 9 heteroatoms. The minimum absolute atomic E-state index is 0.192. The zero-order valence-corrected chi connectivity index (χ0v) is 13.4. The molecule has 2 amide bonds. The number of benzene rings is 1. The number of amides is 2. The largest absolute Gasteiger partial charge is 0.477 e. The van der Waals surface area contributed by atoms with Crippen molar-refractivity contribution in [2.24, 2.45) is 5.73 Å². The maximum absolute atomic E-state index is 12.1. The average molecular weight is 351 g/mol. The second kappa shape index (κ2) is 6.26. The van der Waals surface area contributed by atoms with Crippen LogP contribution in [0.2, 0.25) is 0 Å². The highest BCUT2D eigenvalue weighted by Crippen LogP contribution is 2.38. The van der Waals surface area contributed by atoms with Crippen molar-refractivity contribution in [1.29, 1.82) is 0 Å². The van der Waals surface area contributed by atoms with Crippen LogP contribution in [0.25, 0.3) is 0 Å². The van der Waals surface area contributed by atoms with Gasteiger partial charge in [-0.05, 0) is 23.9 Å². The molecule has 3 rings (SSSR count). The number of β-lactam (4-membered cyclic amide) rings is 1. The minimum Gasteiger partial charge on any atom is -0.477 e. The number of nitrogens with zero attached hydrogens (tertiary/aromatic N) is 1. The fraction of sp³-hybridized carbons (Fsp3) is 0.214. The van der Waals surface area contributed by atoms with Gasteiger partial charge in [0.2, 0.25) is 5.91 Å². The molecule has 0 radical (unpaired) electrons. The summed E-state index contributed by atoms with van der Waals surface area (Å²) >= 11 is 2.30. The lowest BCUT2D eigenvalue weighted by atomic mass is 10.1. The van der Waals surface area contributed by atoms with Crippen molar-refractivity contribution in [2.45, 2.75) is 16.3 Å². The Morgan fingerprint density at radius 1 is 1.35 bits per heavy atom. The first kappa shape index (κ1) is 15.9. The van der Waals surface area contributed by atoms with Gasteiger partial charge in [0.25, 0.3) is 5.24 Å². The molecule has 7 nitrogen and oxygen atoms in total. The molecular weight excluding hydrogens is 338 g/mol. The predicted octanol–water partition coefficient (Wildman–Crippen LogP) is 1.03. The summed E-state index contributed by atoms with van der Waals surface area (Å²) < 4.78 is 0. The number of nitrogens with two attached hydrogens (primary N) is 1. The van der Waals surface area contributed by atoms with Gasteiger partial charge in [0.15, 0.2) is 5.70 Å². The second-order valence-corrected chi connectivity index (χ2v) is 7.05. The van der Waals surface area contributed by atoms with Crippen LogP contribution in [0, 0.1) is 0 Å². The van der Waals surface area contributed by atoms with E-state index in [1.54, 1.807) is 24.3 Å². The molecule has 1 aromatic rings. The van der Waals surface area contributed by atoms with Crippen molar-refractivity contribution in [1.82, 2.24) is 10.2 Å². The zero-order chi connectivity index (χ0) is 16.6. The number of fused-ring (bicyclic) bond motifs is 1. The third-order valence-corrected chi connectivity index (χ3v) is 5.51. The molecule has 4 N–H and O–H groups in total. The molecule has 2 atom stereocenters. The first-order chi connectivity index (χ1) is 11.0. The fourth-order valence-corrected chi connectivity index (χ4v) is 4.27. The first-order valence-electron chi connectivity index (χ1n) is 6.69. The molecule has 120 valence electrons. The summed E-state index contributed by atoms with van der Waals surface area (Å²) in [6.45, 7) is 0. The molecule has 0 spiro atoms. The van der Waals surface area contributed by atoms with E-state index in [9.17, 15) is 19.5 Å². The van der Waals surface area contributed by atoms with Crippen LogP contribution in [0.3, 0.4) is 0 Å². The molecular formula is C14H13N3O4S2. The number of hydrogen-bond donors (Lipinski definition) is 3. The van der Waals surface area contributed by atoms with E-state index in [2.05, 4.69) is 5.32 Å². The van der Waals surface area contributed by atoms with E-state index < -0.39 is 23.2 Å². The molecule has 2 heterocycles. The third kappa shape index (κ3) is 2.94. The van der Waals surface area contributed by atoms with Crippen LogP contribution in [0.15, 0.2) is 46.6 Å². The SMILES string of the molecule is NC1C(=O)N2C(C(=O)O)=C(NC(=O)Sc3ccccc3)CS[C@@H]12. The fourth-order valence-electron chi connectivity index (χ4n) is 2.36. The number of aliphatic carboxylic acids is 1. The van der Waals surface area contributed by atoms with Gasteiger partial charge in [-0.2, -0.15) is 0 Å². The highest BCUT2D eigenvalue weighted by atomic mass is 32.2.